The Morgan fingerprint density at radius 1 is 1.13 bits per heavy atom. The van der Waals surface area contributed by atoms with Gasteiger partial charge in [0.1, 0.15) is 0 Å². The zero-order valence-electron chi connectivity index (χ0n) is 9.19. The Morgan fingerprint density at radius 2 is 1.73 bits per heavy atom. The minimum Gasteiger partial charge on any atom is -0.392 e. The summed E-state index contributed by atoms with van der Waals surface area (Å²) in [5, 5.41) is 10.4. The highest BCUT2D eigenvalue weighted by molar-refractivity contribution is 5.85. The van der Waals surface area contributed by atoms with Gasteiger partial charge in [0.15, 0.2) is 0 Å². The second kappa shape index (κ2) is 3.90. The molecule has 0 spiro atoms. The van der Waals surface area contributed by atoms with Crippen LogP contribution in [0, 0.1) is 23.2 Å². The first-order valence-electron chi connectivity index (χ1n) is 6.12. The SMILES string of the molecule is Cl.NCCC12C[C@@H]3CC(C[C@@H](C3)C1)[C@H]2O. The Labute approximate surface area is 98.0 Å². The van der Waals surface area contributed by atoms with Crippen molar-refractivity contribution in [3.63, 3.8) is 0 Å². The second-order valence-corrected chi connectivity index (χ2v) is 5.95. The minimum atomic E-state index is -0.0288. The van der Waals surface area contributed by atoms with Crippen molar-refractivity contribution in [1.29, 1.82) is 0 Å². The summed E-state index contributed by atoms with van der Waals surface area (Å²) >= 11 is 0. The molecule has 5 atom stereocenters. The maximum absolute atomic E-state index is 10.4. The third-order valence-electron chi connectivity index (χ3n) is 5.05. The fraction of sp³-hybridized carbons (Fsp3) is 1.00. The van der Waals surface area contributed by atoms with E-state index in [0.29, 0.717) is 5.92 Å². The number of hydrogen-bond donors (Lipinski definition) is 2. The van der Waals surface area contributed by atoms with Crippen molar-refractivity contribution in [3.8, 4) is 0 Å². The van der Waals surface area contributed by atoms with E-state index in [9.17, 15) is 5.11 Å². The Kier molecular flexibility index (Phi) is 3.04. The van der Waals surface area contributed by atoms with Crippen LogP contribution in [0.2, 0.25) is 0 Å². The summed E-state index contributed by atoms with van der Waals surface area (Å²) in [4.78, 5) is 0. The zero-order valence-corrected chi connectivity index (χ0v) is 10.0. The summed E-state index contributed by atoms with van der Waals surface area (Å²) in [6, 6.07) is 0. The molecule has 4 fully saturated rings. The largest absolute Gasteiger partial charge is 0.392 e. The van der Waals surface area contributed by atoms with Gasteiger partial charge in [0.25, 0.3) is 0 Å². The molecule has 0 amide bonds. The predicted octanol–water partition coefficient (Wildman–Crippen LogP) is 1.94. The lowest BCUT2D eigenvalue weighted by molar-refractivity contribution is -0.157. The topological polar surface area (TPSA) is 46.2 Å². The molecular formula is C12H22ClNO. The highest BCUT2D eigenvalue weighted by atomic mass is 35.5. The summed E-state index contributed by atoms with van der Waals surface area (Å²) in [5.74, 6) is 2.46. The first-order chi connectivity index (χ1) is 6.73. The summed E-state index contributed by atoms with van der Waals surface area (Å²) in [6.45, 7) is 0.753. The van der Waals surface area contributed by atoms with Gasteiger partial charge in [-0.25, -0.2) is 0 Å². The number of rotatable bonds is 2. The van der Waals surface area contributed by atoms with Crippen molar-refractivity contribution in [1.82, 2.24) is 0 Å². The van der Waals surface area contributed by atoms with E-state index >= 15 is 0 Å². The number of hydrogen-bond acceptors (Lipinski definition) is 2. The van der Waals surface area contributed by atoms with Crippen LogP contribution in [0.1, 0.15) is 38.5 Å². The fourth-order valence-corrected chi connectivity index (χ4v) is 4.82. The van der Waals surface area contributed by atoms with Crippen molar-refractivity contribution in [2.75, 3.05) is 6.54 Å². The molecule has 3 heteroatoms. The maximum atomic E-state index is 10.4. The first kappa shape index (κ1) is 11.7. The van der Waals surface area contributed by atoms with Gasteiger partial charge in [0.05, 0.1) is 6.10 Å². The van der Waals surface area contributed by atoms with Crippen LogP contribution in [0.3, 0.4) is 0 Å². The molecule has 0 heterocycles. The maximum Gasteiger partial charge on any atom is 0.0625 e. The molecular weight excluding hydrogens is 210 g/mol. The van der Waals surface area contributed by atoms with Gasteiger partial charge >= 0.3 is 0 Å². The van der Waals surface area contributed by atoms with Gasteiger partial charge in [-0.05, 0) is 68.2 Å². The van der Waals surface area contributed by atoms with Gasteiger partial charge in [-0.3, -0.25) is 0 Å². The Morgan fingerprint density at radius 3 is 2.27 bits per heavy atom. The van der Waals surface area contributed by atoms with Gasteiger partial charge in [0, 0.05) is 0 Å². The monoisotopic (exact) mass is 231 g/mol. The van der Waals surface area contributed by atoms with Crippen LogP contribution < -0.4 is 5.73 Å². The molecule has 0 aromatic carbocycles. The van der Waals surface area contributed by atoms with Crippen LogP contribution in [0.15, 0.2) is 0 Å². The van der Waals surface area contributed by atoms with Gasteiger partial charge in [-0.2, -0.15) is 0 Å². The van der Waals surface area contributed by atoms with Gasteiger partial charge < -0.3 is 10.8 Å². The van der Waals surface area contributed by atoms with Crippen LogP contribution in [0.4, 0.5) is 0 Å². The first-order valence-corrected chi connectivity index (χ1v) is 6.12. The average Bonchev–Trinajstić information content (AvgIpc) is 2.13. The molecule has 0 aromatic rings. The van der Waals surface area contributed by atoms with E-state index in [0.717, 1.165) is 24.8 Å². The lowest BCUT2D eigenvalue weighted by Gasteiger charge is -2.59. The van der Waals surface area contributed by atoms with Crippen LogP contribution >= 0.6 is 12.4 Å². The highest BCUT2D eigenvalue weighted by Gasteiger charge is 2.55. The average molecular weight is 232 g/mol. The van der Waals surface area contributed by atoms with Crippen molar-refractivity contribution >= 4 is 12.4 Å². The summed E-state index contributed by atoms with van der Waals surface area (Å²) < 4.78 is 0. The molecule has 4 saturated carbocycles. The molecule has 0 aromatic heterocycles. The smallest absolute Gasteiger partial charge is 0.0625 e. The van der Waals surface area contributed by atoms with E-state index in [1.807, 2.05) is 0 Å². The normalized spacial score (nSPS) is 51.6. The third-order valence-corrected chi connectivity index (χ3v) is 5.05. The number of aliphatic hydroxyl groups excluding tert-OH is 1. The Bertz CT molecular complexity index is 232. The highest BCUT2D eigenvalue weighted by Crippen LogP contribution is 2.61. The van der Waals surface area contributed by atoms with Gasteiger partial charge in [-0.1, -0.05) is 0 Å². The van der Waals surface area contributed by atoms with E-state index in [-0.39, 0.29) is 23.9 Å². The molecule has 3 N–H and O–H groups in total. The van der Waals surface area contributed by atoms with Crippen molar-refractivity contribution in [3.05, 3.63) is 0 Å². The molecule has 2 nitrogen and oxygen atoms in total. The van der Waals surface area contributed by atoms with Gasteiger partial charge in [0.2, 0.25) is 0 Å². The lowest BCUT2D eigenvalue weighted by Crippen LogP contribution is -2.56. The fourth-order valence-electron chi connectivity index (χ4n) is 4.82. The van der Waals surface area contributed by atoms with Crippen molar-refractivity contribution in [2.45, 2.75) is 44.6 Å². The molecule has 2 unspecified atom stereocenters. The Hall–Kier alpha value is 0.210. The molecule has 0 aliphatic heterocycles. The predicted molar refractivity (Wildman–Crippen MR) is 62.9 cm³/mol. The minimum absolute atomic E-state index is 0. The van der Waals surface area contributed by atoms with E-state index in [1.54, 1.807) is 0 Å². The van der Waals surface area contributed by atoms with E-state index in [1.165, 1.54) is 32.1 Å². The zero-order chi connectivity index (χ0) is 9.76. The van der Waals surface area contributed by atoms with Gasteiger partial charge in [-0.15, -0.1) is 12.4 Å². The molecule has 4 rings (SSSR count). The van der Waals surface area contributed by atoms with Crippen molar-refractivity contribution < 1.29 is 5.11 Å². The van der Waals surface area contributed by atoms with Crippen molar-refractivity contribution in [2.24, 2.45) is 28.9 Å². The molecule has 0 saturated heterocycles. The van der Waals surface area contributed by atoms with Crippen LogP contribution in [0.5, 0.6) is 0 Å². The third kappa shape index (κ3) is 1.62. The lowest BCUT2D eigenvalue weighted by atomic mass is 9.47. The summed E-state index contributed by atoms with van der Waals surface area (Å²) in [7, 11) is 0. The number of nitrogens with two attached hydrogens (primary N) is 1. The number of halogens is 1. The number of aliphatic hydroxyl groups is 1. The summed E-state index contributed by atoms with van der Waals surface area (Å²) in [5.41, 5.74) is 5.94. The van der Waals surface area contributed by atoms with Crippen LogP contribution in [0.25, 0.3) is 0 Å². The quantitative estimate of drug-likeness (QED) is 0.763. The van der Waals surface area contributed by atoms with Crippen LogP contribution in [-0.2, 0) is 0 Å². The molecule has 0 radical (unpaired) electrons. The molecule has 15 heavy (non-hydrogen) atoms. The standard InChI is InChI=1S/C12H21NO.ClH/c13-2-1-12-6-8-3-9(7-12)5-10(4-8)11(12)14;/h8-11,14H,1-7,13H2;1H/t8-,9+,10?,11-,12?;/m1./s1. The molecule has 4 bridgehead atoms. The van der Waals surface area contributed by atoms with E-state index in [4.69, 9.17) is 5.73 Å². The second-order valence-electron chi connectivity index (χ2n) is 5.95. The van der Waals surface area contributed by atoms with E-state index < -0.39 is 0 Å². The molecule has 88 valence electrons. The summed E-state index contributed by atoms with van der Waals surface area (Å²) in [6.07, 6.45) is 7.58. The molecule has 4 aliphatic rings. The Balaban J connectivity index is 0.000000853. The van der Waals surface area contributed by atoms with E-state index in [2.05, 4.69) is 0 Å². The molecule has 4 aliphatic carbocycles. The van der Waals surface area contributed by atoms with Crippen LogP contribution in [-0.4, -0.2) is 17.8 Å².